The molecule has 0 aromatic carbocycles. The number of aryl methyl sites for hydroxylation is 1. The molecule has 1 aliphatic rings. The number of thiophene rings is 1. The first-order valence-corrected chi connectivity index (χ1v) is 11.4. The number of rotatable bonds is 4. The fraction of sp³-hybridized carbons (Fsp3) is 0.550. The lowest BCUT2D eigenvalue weighted by Gasteiger charge is -2.24. The maximum Gasteiger partial charge on any atom is 0.240 e. The summed E-state index contributed by atoms with van der Waals surface area (Å²) >= 11 is 3.26. The van der Waals surface area contributed by atoms with E-state index in [1.165, 1.54) is 5.56 Å². The Labute approximate surface area is 174 Å². The molecule has 0 saturated carbocycles. The van der Waals surface area contributed by atoms with E-state index in [1.54, 1.807) is 32.7 Å². The van der Waals surface area contributed by atoms with Gasteiger partial charge in [-0.25, -0.2) is 0 Å². The molecule has 3 rings (SSSR count). The second-order valence-electron chi connectivity index (χ2n) is 8.41. The summed E-state index contributed by atoms with van der Waals surface area (Å²) in [6.07, 6.45) is 0. The Morgan fingerprint density at radius 3 is 2.68 bits per heavy atom. The number of anilines is 1. The molecule has 0 aliphatic carbocycles. The van der Waals surface area contributed by atoms with Crippen LogP contribution in [0.25, 0.3) is 0 Å². The molecule has 1 aliphatic heterocycles. The molecule has 1 N–H and O–H groups in total. The van der Waals surface area contributed by atoms with E-state index in [0.29, 0.717) is 5.75 Å². The highest BCUT2D eigenvalue weighted by Crippen LogP contribution is 2.47. The van der Waals surface area contributed by atoms with Gasteiger partial charge in [0.1, 0.15) is 12.4 Å². The summed E-state index contributed by atoms with van der Waals surface area (Å²) < 4.78 is 1.77. The van der Waals surface area contributed by atoms with Crippen molar-refractivity contribution in [3.8, 4) is 0 Å². The van der Waals surface area contributed by atoms with Gasteiger partial charge in [-0.15, -0.1) is 11.8 Å². The molecular weight excluding hydrogens is 392 g/mol. The maximum atomic E-state index is 13.0. The highest BCUT2D eigenvalue weighted by atomic mass is 32.2. The van der Waals surface area contributed by atoms with Crippen molar-refractivity contribution in [2.45, 2.75) is 51.3 Å². The zero-order chi connectivity index (χ0) is 20.6. The minimum atomic E-state index is -0.181. The lowest BCUT2D eigenvalue weighted by molar-refractivity contribution is -0.123. The Kier molecular flexibility index (Phi) is 5.91. The first kappa shape index (κ1) is 20.9. The number of nitrogens with zero attached hydrogens (tertiary/aromatic N) is 3. The topological polar surface area (TPSA) is 67.2 Å². The molecule has 28 heavy (non-hydrogen) atoms. The normalized spacial score (nSPS) is 17.6. The summed E-state index contributed by atoms with van der Waals surface area (Å²) in [6.45, 7) is 10.2. The van der Waals surface area contributed by atoms with Crippen molar-refractivity contribution in [3.05, 3.63) is 33.6 Å². The minimum absolute atomic E-state index is 0.00401. The zero-order valence-corrected chi connectivity index (χ0v) is 18.9. The number of nitrogens with one attached hydrogen (secondary N) is 1. The smallest absolute Gasteiger partial charge is 0.240 e. The van der Waals surface area contributed by atoms with Crippen LogP contribution < -0.4 is 10.2 Å². The molecule has 0 bridgehead atoms. The third-order valence-electron chi connectivity index (χ3n) is 4.55. The molecule has 2 amide bonds. The summed E-state index contributed by atoms with van der Waals surface area (Å²) in [5.41, 5.74) is 3.01. The molecule has 1 unspecified atom stereocenters. The van der Waals surface area contributed by atoms with E-state index >= 15 is 0 Å². The molecule has 0 radical (unpaired) electrons. The molecule has 2 aromatic rings. The van der Waals surface area contributed by atoms with Crippen LogP contribution in [0, 0.1) is 0 Å². The summed E-state index contributed by atoms with van der Waals surface area (Å²) in [5.74, 6) is 0.835. The van der Waals surface area contributed by atoms with Gasteiger partial charge in [0.25, 0.3) is 0 Å². The van der Waals surface area contributed by atoms with Gasteiger partial charge >= 0.3 is 0 Å². The fourth-order valence-electron chi connectivity index (χ4n) is 3.44. The third kappa shape index (κ3) is 4.12. The number of fused-ring (bicyclic) bond motifs is 1. The lowest BCUT2D eigenvalue weighted by Crippen LogP contribution is -2.44. The van der Waals surface area contributed by atoms with E-state index in [9.17, 15) is 9.59 Å². The van der Waals surface area contributed by atoms with Crippen LogP contribution >= 0.6 is 23.1 Å². The second kappa shape index (κ2) is 7.91. The van der Waals surface area contributed by atoms with Crippen LogP contribution in [0.2, 0.25) is 0 Å². The summed E-state index contributed by atoms with van der Waals surface area (Å²) in [5, 5.41) is 11.9. The van der Waals surface area contributed by atoms with E-state index < -0.39 is 0 Å². The van der Waals surface area contributed by atoms with Gasteiger partial charge < -0.3 is 5.32 Å². The van der Waals surface area contributed by atoms with E-state index in [2.05, 4.69) is 42.9 Å². The first-order valence-electron chi connectivity index (χ1n) is 9.40. The number of aromatic nitrogens is 2. The molecule has 6 nitrogen and oxygen atoms in total. The van der Waals surface area contributed by atoms with Crippen molar-refractivity contribution in [1.82, 2.24) is 15.1 Å². The quantitative estimate of drug-likeness (QED) is 0.822. The molecule has 0 spiro atoms. The number of carbonyl (C=O) groups is 2. The third-order valence-corrected chi connectivity index (χ3v) is 6.51. The van der Waals surface area contributed by atoms with Crippen molar-refractivity contribution in [2.75, 3.05) is 17.2 Å². The number of hydrogen-bond acceptors (Lipinski definition) is 5. The summed E-state index contributed by atoms with van der Waals surface area (Å²) in [7, 11) is 1.86. The van der Waals surface area contributed by atoms with Crippen LogP contribution in [0.3, 0.4) is 0 Å². The van der Waals surface area contributed by atoms with Gasteiger partial charge in [-0.2, -0.15) is 16.4 Å². The maximum absolute atomic E-state index is 13.0. The largest absolute Gasteiger partial charge is 0.352 e. The van der Waals surface area contributed by atoms with Gasteiger partial charge in [-0.1, -0.05) is 20.8 Å². The molecular formula is C20H28N4O2S2. The van der Waals surface area contributed by atoms with E-state index in [1.807, 2.05) is 20.9 Å². The Morgan fingerprint density at radius 1 is 1.39 bits per heavy atom. The van der Waals surface area contributed by atoms with Crippen molar-refractivity contribution in [1.29, 1.82) is 0 Å². The number of amides is 2. The van der Waals surface area contributed by atoms with Crippen LogP contribution in [0.15, 0.2) is 16.8 Å². The molecule has 0 fully saturated rings. The zero-order valence-electron chi connectivity index (χ0n) is 17.3. The highest BCUT2D eigenvalue weighted by Gasteiger charge is 2.38. The van der Waals surface area contributed by atoms with E-state index in [-0.39, 0.29) is 35.1 Å². The van der Waals surface area contributed by atoms with Crippen molar-refractivity contribution < 1.29 is 9.59 Å². The van der Waals surface area contributed by atoms with Gasteiger partial charge in [0.15, 0.2) is 0 Å². The molecule has 0 saturated heterocycles. The standard InChI is InChI=1S/C20H28N4O2S2/c1-12(2)21-14(25)9-24-15(26)11-28-17(13-7-8-27-10-13)16-18(20(3,4)5)22-23(6)19(16)24/h7-8,10,12,17H,9,11H2,1-6H3,(H,21,25). The Bertz CT molecular complexity index is 866. The van der Waals surface area contributed by atoms with Gasteiger partial charge in [0.05, 0.1) is 16.7 Å². The molecule has 8 heteroatoms. The Hall–Kier alpha value is -1.80. The van der Waals surface area contributed by atoms with Crippen molar-refractivity contribution in [3.63, 3.8) is 0 Å². The first-order chi connectivity index (χ1) is 13.1. The minimum Gasteiger partial charge on any atom is -0.352 e. The highest BCUT2D eigenvalue weighted by molar-refractivity contribution is 8.00. The summed E-state index contributed by atoms with van der Waals surface area (Å²) in [4.78, 5) is 27.1. The molecule has 3 heterocycles. The Morgan fingerprint density at radius 2 is 2.11 bits per heavy atom. The summed E-state index contributed by atoms with van der Waals surface area (Å²) in [6, 6.07) is 2.13. The van der Waals surface area contributed by atoms with Crippen molar-refractivity contribution in [2.24, 2.45) is 7.05 Å². The number of thioether (sulfide) groups is 1. The average Bonchev–Trinajstić information content (AvgIpc) is 3.18. The predicted octanol–water partition coefficient (Wildman–Crippen LogP) is 3.47. The molecule has 2 aromatic heterocycles. The predicted molar refractivity (Wildman–Crippen MR) is 116 cm³/mol. The Balaban J connectivity index is 2.15. The number of carbonyl (C=O) groups excluding carboxylic acids is 2. The van der Waals surface area contributed by atoms with Gasteiger partial charge in [-0.05, 0) is 36.2 Å². The van der Waals surface area contributed by atoms with Crippen LogP contribution in [0.1, 0.15) is 56.7 Å². The SMILES string of the molecule is CC(C)NC(=O)CN1C(=O)CSC(c2ccsc2)c2c(C(C)(C)C)nn(C)c21. The van der Waals surface area contributed by atoms with Crippen LogP contribution in [0.5, 0.6) is 0 Å². The average molecular weight is 421 g/mol. The number of hydrogen-bond donors (Lipinski definition) is 1. The van der Waals surface area contributed by atoms with Crippen LogP contribution in [-0.2, 0) is 22.1 Å². The molecule has 152 valence electrons. The van der Waals surface area contributed by atoms with Gasteiger partial charge in [0.2, 0.25) is 11.8 Å². The van der Waals surface area contributed by atoms with Crippen LogP contribution in [0.4, 0.5) is 5.82 Å². The van der Waals surface area contributed by atoms with Crippen molar-refractivity contribution >= 4 is 40.7 Å². The second-order valence-corrected chi connectivity index (χ2v) is 10.3. The monoisotopic (exact) mass is 420 g/mol. The fourth-order valence-corrected chi connectivity index (χ4v) is 5.40. The van der Waals surface area contributed by atoms with Gasteiger partial charge in [0, 0.05) is 24.1 Å². The lowest BCUT2D eigenvalue weighted by atomic mass is 9.87. The van der Waals surface area contributed by atoms with E-state index in [4.69, 9.17) is 5.10 Å². The van der Waals surface area contributed by atoms with Crippen LogP contribution in [-0.4, -0.2) is 39.9 Å². The van der Waals surface area contributed by atoms with Gasteiger partial charge in [-0.3, -0.25) is 19.2 Å². The molecule has 1 atom stereocenters. The van der Waals surface area contributed by atoms with E-state index in [0.717, 1.165) is 17.1 Å².